The van der Waals surface area contributed by atoms with Crippen molar-refractivity contribution in [3.63, 3.8) is 0 Å². The summed E-state index contributed by atoms with van der Waals surface area (Å²) in [5.74, 6) is 0.536. The number of non-ortho nitro benzene ring substituents is 1. The van der Waals surface area contributed by atoms with Crippen LogP contribution in [0.1, 0.15) is 16.1 Å². The minimum atomic E-state index is -0.539. The summed E-state index contributed by atoms with van der Waals surface area (Å²) in [6, 6.07) is 11.5. The summed E-state index contributed by atoms with van der Waals surface area (Å²) in [6.07, 6.45) is 0. The molecule has 0 unspecified atom stereocenters. The number of methoxy groups -OCH3 is 1. The van der Waals surface area contributed by atoms with Crippen LogP contribution < -0.4 is 14.8 Å². The number of anilines is 1. The molecule has 9 heteroatoms. The molecule has 1 amide bonds. The van der Waals surface area contributed by atoms with E-state index in [1.165, 1.54) is 25.3 Å². The molecule has 1 aromatic heterocycles. The predicted octanol–water partition coefficient (Wildman–Crippen LogP) is 3.15. The van der Waals surface area contributed by atoms with Crippen LogP contribution in [0.5, 0.6) is 11.5 Å². The van der Waals surface area contributed by atoms with Crippen LogP contribution >= 0.6 is 0 Å². The zero-order valence-electron chi connectivity index (χ0n) is 15.1. The summed E-state index contributed by atoms with van der Waals surface area (Å²) in [5, 5.41) is 18.1. The number of aromatic nitrogens is 2. The number of benzene rings is 2. The van der Waals surface area contributed by atoms with Gasteiger partial charge in [0.1, 0.15) is 18.1 Å². The van der Waals surface area contributed by atoms with E-state index in [2.05, 4.69) is 10.4 Å². The molecule has 0 radical (unpaired) electrons. The summed E-state index contributed by atoms with van der Waals surface area (Å²) >= 11 is 0. The van der Waals surface area contributed by atoms with Crippen molar-refractivity contribution in [1.29, 1.82) is 0 Å². The Bertz CT molecular complexity index is 1110. The van der Waals surface area contributed by atoms with Gasteiger partial charge < -0.3 is 14.8 Å². The number of fused-ring (bicyclic) bond motifs is 3. The van der Waals surface area contributed by atoms with Crippen LogP contribution in [0.15, 0.2) is 42.5 Å². The van der Waals surface area contributed by atoms with Crippen LogP contribution in [0.2, 0.25) is 0 Å². The van der Waals surface area contributed by atoms with Crippen molar-refractivity contribution in [1.82, 2.24) is 9.78 Å². The molecule has 0 aliphatic carbocycles. The van der Waals surface area contributed by atoms with Crippen molar-refractivity contribution < 1.29 is 19.2 Å². The molecule has 9 nitrogen and oxygen atoms in total. The number of ether oxygens (including phenoxy) is 2. The molecule has 0 bridgehead atoms. The average molecular weight is 380 g/mol. The van der Waals surface area contributed by atoms with E-state index >= 15 is 0 Å². The number of carbonyl (C=O) groups excluding carboxylic acids is 1. The van der Waals surface area contributed by atoms with Gasteiger partial charge in [0.05, 0.1) is 23.4 Å². The number of hydrogen-bond acceptors (Lipinski definition) is 6. The van der Waals surface area contributed by atoms with Gasteiger partial charge in [-0.1, -0.05) is 12.1 Å². The Morgan fingerprint density at radius 2 is 2.11 bits per heavy atom. The highest BCUT2D eigenvalue weighted by molar-refractivity contribution is 6.06. The lowest BCUT2D eigenvalue weighted by molar-refractivity contribution is -0.384. The maximum atomic E-state index is 12.9. The standard InChI is InChI=1S/C19H16N4O5/c1-22-18-12-5-3-4-6-15(12)28-10-13(18)17(21-22)19(24)20-14-9-11(23(25)26)7-8-16(14)27-2/h3-9H,10H2,1-2H3,(H,20,24). The Balaban J connectivity index is 1.72. The Labute approximate surface area is 159 Å². The number of rotatable bonds is 4. The van der Waals surface area contributed by atoms with Gasteiger partial charge in [0.2, 0.25) is 0 Å². The van der Waals surface area contributed by atoms with Gasteiger partial charge in [0.25, 0.3) is 11.6 Å². The Kier molecular flexibility index (Phi) is 4.19. The van der Waals surface area contributed by atoms with Crippen LogP contribution in [0.3, 0.4) is 0 Å². The minimum Gasteiger partial charge on any atom is -0.495 e. The maximum Gasteiger partial charge on any atom is 0.276 e. The summed E-state index contributed by atoms with van der Waals surface area (Å²) in [7, 11) is 3.18. The van der Waals surface area contributed by atoms with Gasteiger partial charge in [0, 0.05) is 30.3 Å². The first kappa shape index (κ1) is 17.5. The number of para-hydroxylation sites is 1. The molecule has 0 atom stereocenters. The highest BCUT2D eigenvalue weighted by atomic mass is 16.6. The highest BCUT2D eigenvalue weighted by Gasteiger charge is 2.28. The van der Waals surface area contributed by atoms with Gasteiger partial charge in [-0.3, -0.25) is 19.6 Å². The number of carbonyl (C=O) groups is 1. The Hall–Kier alpha value is -3.88. The second-order valence-corrected chi connectivity index (χ2v) is 6.18. The van der Waals surface area contributed by atoms with Crippen molar-refractivity contribution in [3.05, 3.63) is 63.8 Å². The molecular weight excluding hydrogens is 364 g/mol. The van der Waals surface area contributed by atoms with Crippen molar-refractivity contribution in [3.8, 4) is 22.8 Å². The molecule has 0 saturated carbocycles. The quantitative estimate of drug-likeness (QED) is 0.550. The third kappa shape index (κ3) is 2.82. The number of nitrogens with zero attached hydrogens (tertiary/aromatic N) is 3. The van der Waals surface area contributed by atoms with E-state index in [0.29, 0.717) is 11.3 Å². The van der Waals surface area contributed by atoms with Crippen LogP contribution in [-0.2, 0) is 13.7 Å². The van der Waals surface area contributed by atoms with E-state index in [0.717, 1.165) is 17.0 Å². The SMILES string of the molecule is COc1ccc([N+](=O)[O-])cc1NC(=O)c1nn(C)c2c1COc1ccccc1-2. The van der Waals surface area contributed by atoms with Gasteiger partial charge in [-0.2, -0.15) is 5.10 Å². The molecule has 3 aromatic rings. The number of aryl methyl sites for hydroxylation is 1. The molecule has 1 N–H and O–H groups in total. The monoisotopic (exact) mass is 380 g/mol. The van der Waals surface area contributed by atoms with E-state index in [-0.39, 0.29) is 23.7 Å². The number of nitro groups is 1. The number of hydrogen-bond donors (Lipinski definition) is 1. The summed E-state index contributed by atoms with van der Waals surface area (Å²) in [4.78, 5) is 23.4. The van der Waals surface area contributed by atoms with Gasteiger partial charge in [-0.25, -0.2) is 0 Å². The molecule has 2 aromatic carbocycles. The summed E-state index contributed by atoms with van der Waals surface area (Å²) in [5.41, 5.74) is 2.54. The number of amides is 1. The first-order chi connectivity index (χ1) is 13.5. The maximum absolute atomic E-state index is 12.9. The zero-order valence-corrected chi connectivity index (χ0v) is 15.1. The van der Waals surface area contributed by atoms with Gasteiger partial charge >= 0.3 is 0 Å². The molecule has 1 aliphatic heterocycles. The zero-order chi connectivity index (χ0) is 19.8. The summed E-state index contributed by atoms with van der Waals surface area (Å²) < 4.78 is 12.6. The molecule has 0 fully saturated rings. The first-order valence-corrected chi connectivity index (χ1v) is 8.41. The van der Waals surface area contributed by atoms with E-state index in [4.69, 9.17) is 9.47 Å². The Morgan fingerprint density at radius 1 is 1.32 bits per heavy atom. The van der Waals surface area contributed by atoms with E-state index < -0.39 is 10.8 Å². The van der Waals surface area contributed by atoms with Crippen LogP contribution in [0.4, 0.5) is 11.4 Å². The second kappa shape index (κ2) is 6.69. The third-order valence-electron chi connectivity index (χ3n) is 4.52. The fourth-order valence-corrected chi connectivity index (χ4v) is 3.25. The molecule has 0 spiro atoms. The second-order valence-electron chi connectivity index (χ2n) is 6.18. The van der Waals surface area contributed by atoms with Crippen molar-refractivity contribution >= 4 is 17.3 Å². The van der Waals surface area contributed by atoms with E-state index in [1.54, 1.807) is 11.7 Å². The minimum absolute atomic E-state index is 0.156. The molecule has 2 heterocycles. The number of nitro benzene ring substituents is 1. The van der Waals surface area contributed by atoms with Crippen LogP contribution in [-0.4, -0.2) is 27.7 Å². The summed E-state index contributed by atoms with van der Waals surface area (Å²) in [6.45, 7) is 0.203. The molecule has 28 heavy (non-hydrogen) atoms. The van der Waals surface area contributed by atoms with Gasteiger partial charge in [-0.05, 0) is 18.2 Å². The molecule has 4 rings (SSSR count). The molecule has 0 saturated heterocycles. The number of nitrogens with one attached hydrogen (secondary N) is 1. The van der Waals surface area contributed by atoms with E-state index in [1.807, 2.05) is 24.3 Å². The van der Waals surface area contributed by atoms with Crippen LogP contribution in [0, 0.1) is 10.1 Å². The van der Waals surface area contributed by atoms with Crippen molar-refractivity contribution in [2.75, 3.05) is 12.4 Å². The third-order valence-corrected chi connectivity index (χ3v) is 4.52. The van der Waals surface area contributed by atoms with Gasteiger partial charge in [0.15, 0.2) is 5.69 Å². The topological polar surface area (TPSA) is 109 Å². The van der Waals surface area contributed by atoms with Gasteiger partial charge in [-0.15, -0.1) is 0 Å². The van der Waals surface area contributed by atoms with Crippen molar-refractivity contribution in [2.45, 2.75) is 6.61 Å². The lowest BCUT2D eigenvalue weighted by Gasteiger charge is -2.18. The first-order valence-electron chi connectivity index (χ1n) is 8.41. The normalized spacial score (nSPS) is 11.8. The highest BCUT2D eigenvalue weighted by Crippen LogP contribution is 2.38. The Morgan fingerprint density at radius 3 is 2.86 bits per heavy atom. The largest absolute Gasteiger partial charge is 0.495 e. The van der Waals surface area contributed by atoms with Crippen molar-refractivity contribution in [2.24, 2.45) is 7.05 Å². The fourth-order valence-electron chi connectivity index (χ4n) is 3.25. The lowest BCUT2D eigenvalue weighted by atomic mass is 10.0. The smallest absolute Gasteiger partial charge is 0.276 e. The molecular formula is C19H16N4O5. The average Bonchev–Trinajstić information content (AvgIpc) is 3.05. The predicted molar refractivity (Wildman–Crippen MR) is 101 cm³/mol. The lowest BCUT2D eigenvalue weighted by Crippen LogP contribution is -2.17. The molecule has 142 valence electrons. The molecule has 1 aliphatic rings. The fraction of sp³-hybridized carbons (Fsp3) is 0.158. The van der Waals surface area contributed by atoms with Crippen LogP contribution in [0.25, 0.3) is 11.3 Å². The van der Waals surface area contributed by atoms with E-state index in [9.17, 15) is 14.9 Å².